The van der Waals surface area contributed by atoms with Crippen molar-refractivity contribution in [2.24, 2.45) is 0 Å². The summed E-state index contributed by atoms with van der Waals surface area (Å²) in [6.07, 6.45) is 3.58. The first kappa shape index (κ1) is 12.4. The van der Waals surface area contributed by atoms with Crippen molar-refractivity contribution >= 4 is 23.2 Å². The molecule has 0 saturated carbocycles. The van der Waals surface area contributed by atoms with E-state index in [1.165, 1.54) is 0 Å². The van der Waals surface area contributed by atoms with Crippen LogP contribution in [-0.4, -0.2) is 12.0 Å². The predicted molar refractivity (Wildman–Crippen MR) is 71.6 cm³/mol. The Kier molecular flexibility index (Phi) is 4.00. The summed E-state index contributed by atoms with van der Waals surface area (Å²) in [7, 11) is 1.90. The van der Waals surface area contributed by atoms with Gasteiger partial charge in [0.15, 0.2) is 0 Å². The molecule has 2 nitrogen and oxygen atoms in total. The second kappa shape index (κ2) is 5.50. The second-order valence-electron chi connectivity index (χ2n) is 3.71. The Bertz CT molecular complexity index is 480. The van der Waals surface area contributed by atoms with Crippen LogP contribution >= 0.6 is 23.2 Å². The highest BCUT2D eigenvalue weighted by atomic mass is 35.5. The van der Waals surface area contributed by atoms with Crippen LogP contribution in [-0.2, 0) is 0 Å². The van der Waals surface area contributed by atoms with Gasteiger partial charge in [-0.2, -0.15) is 0 Å². The van der Waals surface area contributed by atoms with E-state index in [1.807, 2.05) is 37.5 Å². The Morgan fingerprint density at radius 2 is 1.82 bits per heavy atom. The maximum absolute atomic E-state index is 6.01. The number of halogens is 2. The molecular weight excluding hydrogens is 255 g/mol. The quantitative estimate of drug-likeness (QED) is 0.917. The highest BCUT2D eigenvalue weighted by molar-refractivity contribution is 6.34. The van der Waals surface area contributed by atoms with E-state index >= 15 is 0 Å². The number of pyridine rings is 1. The zero-order chi connectivity index (χ0) is 12.3. The first-order valence-corrected chi connectivity index (χ1v) is 5.99. The number of rotatable bonds is 3. The summed E-state index contributed by atoms with van der Waals surface area (Å²) in [5, 5.41) is 4.50. The van der Waals surface area contributed by atoms with Gasteiger partial charge in [0.05, 0.1) is 6.04 Å². The second-order valence-corrected chi connectivity index (χ2v) is 4.58. The van der Waals surface area contributed by atoms with Crippen molar-refractivity contribution in [3.63, 3.8) is 0 Å². The highest BCUT2D eigenvalue weighted by Gasteiger charge is 2.13. The van der Waals surface area contributed by atoms with E-state index in [2.05, 4.69) is 10.3 Å². The van der Waals surface area contributed by atoms with Crippen molar-refractivity contribution in [3.05, 3.63) is 63.9 Å². The molecule has 0 aliphatic carbocycles. The van der Waals surface area contributed by atoms with Crippen LogP contribution in [0.1, 0.15) is 17.2 Å². The molecule has 2 aromatic rings. The van der Waals surface area contributed by atoms with E-state index in [4.69, 9.17) is 23.2 Å². The maximum atomic E-state index is 6.01. The van der Waals surface area contributed by atoms with Gasteiger partial charge >= 0.3 is 0 Å². The number of hydrogen-bond acceptors (Lipinski definition) is 2. The molecule has 88 valence electrons. The summed E-state index contributed by atoms with van der Waals surface area (Å²) in [4.78, 5) is 4.12. The lowest BCUT2D eigenvalue weighted by Crippen LogP contribution is -2.17. The Morgan fingerprint density at radius 1 is 1.12 bits per heavy atom. The summed E-state index contributed by atoms with van der Waals surface area (Å²) in [5.74, 6) is 0. The molecule has 1 unspecified atom stereocenters. The molecule has 2 rings (SSSR count). The number of nitrogens with one attached hydrogen (secondary N) is 1. The van der Waals surface area contributed by atoms with E-state index in [0.717, 1.165) is 11.1 Å². The lowest BCUT2D eigenvalue weighted by Gasteiger charge is -2.17. The zero-order valence-corrected chi connectivity index (χ0v) is 10.8. The maximum Gasteiger partial charge on any atom is 0.0590 e. The summed E-state index contributed by atoms with van der Waals surface area (Å²) in [6, 6.07) is 9.50. The number of benzene rings is 1. The van der Waals surface area contributed by atoms with Gasteiger partial charge in [0.25, 0.3) is 0 Å². The van der Waals surface area contributed by atoms with Crippen molar-refractivity contribution in [1.82, 2.24) is 10.3 Å². The smallest absolute Gasteiger partial charge is 0.0590 e. The summed E-state index contributed by atoms with van der Waals surface area (Å²) in [5.41, 5.74) is 2.10. The van der Waals surface area contributed by atoms with Gasteiger partial charge in [-0.1, -0.05) is 29.3 Å². The number of hydrogen-bond donors (Lipinski definition) is 1. The van der Waals surface area contributed by atoms with Gasteiger partial charge in [-0.05, 0) is 42.4 Å². The highest BCUT2D eigenvalue weighted by Crippen LogP contribution is 2.27. The monoisotopic (exact) mass is 266 g/mol. The van der Waals surface area contributed by atoms with Crippen LogP contribution in [0.25, 0.3) is 0 Å². The molecule has 0 radical (unpaired) electrons. The standard InChI is InChI=1S/C13H12Cl2N2/c1-16-13(9-3-2-4-17-8-9)10-5-11(14)7-12(15)6-10/h2-8,13,16H,1H3. The van der Waals surface area contributed by atoms with E-state index in [1.54, 1.807) is 12.3 Å². The minimum atomic E-state index is 0.0416. The van der Waals surface area contributed by atoms with E-state index < -0.39 is 0 Å². The fourth-order valence-corrected chi connectivity index (χ4v) is 2.36. The van der Waals surface area contributed by atoms with Crippen molar-refractivity contribution in [2.45, 2.75) is 6.04 Å². The normalized spacial score (nSPS) is 12.4. The van der Waals surface area contributed by atoms with Gasteiger partial charge in [0, 0.05) is 22.4 Å². The number of nitrogens with zero attached hydrogens (tertiary/aromatic N) is 1. The van der Waals surface area contributed by atoms with Crippen LogP contribution in [0.3, 0.4) is 0 Å². The van der Waals surface area contributed by atoms with Crippen LogP contribution in [0, 0.1) is 0 Å². The summed E-state index contributed by atoms with van der Waals surface area (Å²) < 4.78 is 0. The average Bonchev–Trinajstić information content (AvgIpc) is 2.30. The third kappa shape index (κ3) is 2.97. The predicted octanol–water partition coefficient (Wildman–Crippen LogP) is 3.70. The van der Waals surface area contributed by atoms with Gasteiger partial charge in [0.2, 0.25) is 0 Å². The molecule has 1 heterocycles. The molecular formula is C13H12Cl2N2. The largest absolute Gasteiger partial charge is 0.309 e. The third-order valence-electron chi connectivity index (χ3n) is 2.52. The van der Waals surface area contributed by atoms with Gasteiger partial charge in [-0.25, -0.2) is 0 Å². The van der Waals surface area contributed by atoms with Gasteiger partial charge in [0.1, 0.15) is 0 Å². The zero-order valence-electron chi connectivity index (χ0n) is 9.32. The third-order valence-corrected chi connectivity index (χ3v) is 2.96. The van der Waals surface area contributed by atoms with Crippen molar-refractivity contribution in [2.75, 3.05) is 7.05 Å². The lowest BCUT2D eigenvalue weighted by atomic mass is 10.0. The molecule has 17 heavy (non-hydrogen) atoms. The Morgan fingerprint density at radius 3 is 2.35 bits per heavy atom. The van der Waals surface area contributed by atoms with Gasteiger partial charge in [-0.15, -0.1) is 0 Å². The molecule has 1 aromatic heterocycles. The molecule has 4 heteroatoms. The molecule has 1 N–H and O–H groups in total. The first-order valence-electron chi connectivity index (χ1n) is 5.24. The van der Waals surface area contributed by atoms with Crippen molar-refractivity contribution in [1.29, 1.82) is 0 Å². The molecule has 0 aliphatic rings. The molecule has 0 bridgehead atoms. The fraction of sp³-hybridized carbons (Fsp3) is 0.154. The Balaban J connectivity index is 2.42. The minimum Gasteiger partial charge on any atom is -0.309 e. The lowest BCUT2D eigenvalue weighted by molar-refractivity contribution is 0.689. The van der Waals surface area contributed by atoms with Crippen molar-refractivity contribution in [3.8, 4) is 0 Å². The van der Waals surface area contributed by atoms with Crippen LogP contribution in [0.5, 0.6) is 0 Å². The molecule has 0 fully saturated rings. The minimum absolute atomic E-state index is 0.0416. The molecule has 0 saturated heterocycles. The summed E-state index contributed by atoms with van der Waals surface area (Å²) in [6.45, 7) is 0. The molecule has 0 aliphatic heterocycles. The fourth-order valence-electron chi connectivity index (χ4n) is 1.81. The van der Waals surface area contributed by atoms with E-state index in [0.29, 0.717) is 10.0 Å². The van der Waals surface area contributed by atoms with Gasteiger partial charge in [-0.3, -0.25) is 4.98 Å². The average molecular weight is 267 g/mol. The molecule has 0 amide bonds. The number of aromatic nitrogens is 1. The molecule has 1 aromatic carbocycles. The van der Waals surface area contributed by atoms with Crippen molar-refractivity contribution < 1.29 is 0 Å². The molecule has 0 spiro atoms. The molecule has 1 atom stereocenters. The van der Waals surface area contributed by atoms with E-state index in [-0.39, 0.29) is 6.04 Å². The van der Waals surface area contributed by atoms with E-state index in [9.17, 15) is 0 Å². The van der Waals surface area contributed by atoms with Crippen LogP contribution in [0.15, 0.2) is 42.7 Å². The van der Waals surface area contributed by atoms with Crippen LogP contribution < -0.4 is 5.32 Å². The van der Waals surface area contributed by atoms with Crippen LogP contribution in [0.2, 0.25) is 10.0 Å². The SMILES string of the molecule is CNC(c1cccnc1)c1cc(Cl)cc(Cl)c1. The summed E-state index contributed by atoms with van der Waals surface area (Å²) >= 11 is 12.0. The topological polar surface area (TPSA) is 24.9 Å². The Hall–Kier alpha value is -1.09. The first-order chi connectivity index (χ1) is 8.20. The van der Waals surface area contributed by atoms with Crippen LogP contribution in [0.4, 0.5) is 0 Å². The van der Waals surface area contributed by atoms with Gasteiger partial charge < -0.3 is 5.32 Å². The Labute approximate surface area is 111 Å².